The van der Waals surface area contributed by atoms with Crippen molar-refractivity contribution in [2.24, 2.45) is 0 Å². The van der Waals surface area contributed by atoms with E-state index in [0.29, 0.717) is 12.8 Å². The monoisotopic (exact) mass is 1070 g/mol. The molecule has 0 spiro atoms. The molecule has 0 aromatic carbocycles. The minimum Gasteiger partial charge on any atom is -0.462 e. The van der Waals surface area contributed by atoms with Gasteiger partial charge in [-0.1, -0.05) is 294 Å². The van der Waals surface area contributed by atoms with Crippen molar-refractivity contribution in [3.63, 3.8) is 0 Å². The molecular formula is C73H118O5. The van der Waals surface area contributed by atoms with Crippen molar-refractivity contribution in [3.8, 4) is 0 Å². The molecule has 0 aromatic rings. The summed E-state index contributed by atoms with van der Waals surface area (Å²) in [6.07, 6.45) is 102. The predicted octanol–water partition coefficient (Wildman–Crippen LogP) is 22.3. The van der Waals surface area contributed by atoms with Gasteiger partial charge >= 0.3 is 11.9 Å². The number of ether oxygens (including phenoxy) is 2. The smallest absolute Gasteiger partial charge is 0.306 e. The van der Waals surface area contributed by atoms with E-state index in [9.17, 15) is 14.7 Å². The van der Waals surface area contributed by atoms with Crippen LogP contribution in [0.1, 0.15) is 271 Å². The Morgan fingerprint density at radius 1 is 0.295 bits per heavy atom. The van der Waals surface area contributed by atoms with Gasteiger partial charge in [-0.05, 0) is 122 Å². The Balaban J connectivity index is 3.54. The minimum atomic E-state index is -0.790. The summed E-state index contributed by atoms with van der Waals surface area (Å²) < 4.78 is 10.7. The summed E-state index contributed by atoms with van der Waals surface area (Å²) in [5, 5.41) is 9.69. The van der Waals surface area contributed by atoms with Crippen LogP contribution in [0.2, 0.25) is 0 Å². The van der Waals surface area contributed by atoms with Gasteiger partial charge in [0.05, 0.1) is 6.61 Å². The van der Waals surface area contributed by atoms with E-state index >= 15 is 0 Å². The molecule has 0 bridgehead atoms. The predicted molar refractivity (Wildman–Crippen MR) is 343 cm³/mol. The lowest BCUT2D eigenvalue weighted by Gasteiger charge is -2.15. The second-order valence-corrected chi connectivity index (χ2v) is 20.7. The Morgan fingerprint density at radius 3 is 0.769 bits per heavy atom. The van der Waals surface area contributed by atoms with Gasteiger partial charge in [0.1, 0.15) is 6.61 Å². The standard InChI is InChI=1S/C73H118O5/c1-3-5-7-9-11-13-15-17-19-21-23-25-27-29-31-33-34-35-36-37-38-40-41-43-45-47-49-51-53-55-57-59-61-63-65-67-72(75)77-70-71(69-74)78-73(76)68-66-64-62-60-58-56-54-52-50-48-46-44-42-39-32-30-28-26-24-22-20-18-16-14-12-10-8-6-4-2/h5-8,11-14,17-20,23-26,29-32,34-35,42,44,48,50,71,74H,3-4,9-10,15-16,21-22,27-28,33,36-41,43,45-47,49,51-70H2,1-2H3/b7-5-,8-6-,13-11-,14-12-,19-17-,20-18-,25-23-,26-24-,31-29-,32-30-,35-34-,44-42-,50-48-. The lowest BCUT2D eigenvalue weighted by atomic mass is 10.0. The van der Waals surface area contributed by atoms with Gasteiger partial charge in [-0.25, -0.2) is 0 Å². The van der Waals surface area contributed by atoms with E-state index in [1.807, 2.05) is 0 Å². The van der Waals surface area contributed by atoms with Crippen LogP contribution in [0.4, 0.5) is 0 Å². The summed E-state index contributed by atoms with van der Waals surface area (Å²) in [5.41, 5.74) is 0. The summed E-state index contributed by atoms with van der Waals surface area (Å²) in [6.45, 7) is 3.91. The van der Waals surface area contributed by atoms with Crippen LogP contribution < -0.4 is 0 Å². The van der Waals surface area contributed by atoms with E-state index in [-0.39, 0.29) is 25.2 Å². The first-order valence-corrected chi connectivity index (χ1v) is 32.0. The molecule has 5 heteroatoms. The molecule has 1 N–H and O–H groups in total. The molecule has 0 fully saturated rings. The van der Waals surface area contributed by atoms with Crippen LogP contribution in [0.15, 0.2) is 158 Å². The Kier molecular flexibility index (Phi) is 63.0. The number of unbranched alkanes of at least 4 members (excludes halogenated alkanes) is 23. The minimum absolute atomic E-state index is 0.0783. The van der Waals surface area contributed by atoms with Crippen LogP contribution in [0.3, 0.4) is 0 Å². The third-order valence-electron chi connectivity index (χ3n) is 13.3. The number of rotatable bonds is 57. The fraction of sp³-hybridized carbons (Fsp3) is 0.616. The number of esters is 2. The van der Waals surface area contributed by atoms with E-state index in [0.717, 1.165) is 128 Å². The number of aliphatic hydroxyl groups excluding tert-OH is 1. The summed E-state index contributed by atoms with van der Waals surface area (Å²) in [7, 11) is 0. The molecule has 78 heavy (non-hydrogen) atoms. The Hall–Kier alpha value is -4.48. The van der Waals surface area contributed by atoms with Gasteiger partial charge in [0.2, 0.25) is 0 Å². The maximum absolute atomic E-state index is 12.3. The third kappa shape index (κ3) is 64.0. The van der Waals surface area contributed by atoms with Crippen molar-refractivity contribution in [2.75, 3.05) is 13.2 Å². The van der Waals surface area contributed by atoms with Crippen molar-refractivity contribution < 1.29 is 24.2 Å². The van der Waals surface area contributed by atoms with Crippen LogP contribution in [0.5, 0.6) is 0 Å². The molecule has 1 unspecified atom stereocenters. The first-order chi connectivity index (χ1) is 38.6. The Labute approximate surface area is 481 Å². The van der Waals surface area contributed by atoms with Crippen LogP contribution in [0.25, 0.3) is 0 Å². The largest absolute Gasteiger partial charge is 0.462 e. The van der Waals surface area contributed by atoms with Gasteiger partial charge in [0.15, 0.2) is 6.10 Å². The molecule has 0 aromatic heterocycles. The van der Waals surface area contributed by atoms with E-state index in [1.54, 1.807) is 0 Å². The average Bonchev–Trinajstić information content (AvgIpc) is 3.44. The zero-order valence-corrected chi connectivity index (χ0v) is 50.4. The maximum atomic E-state index is 12.3. The van der Waals surface area contributed by atoms with Gasteiger partial charge in [-0.2, -0.15) is 0 Å². The highest BCUT2D eigenvalue weighted by atomic mass is 16.6. The molecule has 5 nitrogen and oxygen atoms in total. The molecule has 0 aliphatic carbocycles. The first kappa shape index (κ1) is 73.5. The second kappa shape index (κ2) is 66.8. The van der Waals surface area contributed by atoms with Crippen LogP contribution in [-0.2, 0) is 19.1 Å². The summed E-state index contributed by atoms with van der Waals surface area (Å²) >= 11 is 0. The van der Waals surface area contributed by atoms with Crippen LogP contribution in [-0.4, -0.2) is 36.4 Å². The van der Waals surface area contributed by atoms with Crippen LogP contribution in [0, 0.1) is 0 Å². The highest BCUT2D eigenvalue weighted by molar-refractivity contribution is 5.70. The molecule has 0 aliphatic rings. The Bertz CT molecular complexity index is 1690. The fourth-order valence-corrected chi connectivity index (χ4v) is 8.60. The van der Waals surface area contributed by atoms with Gasteiger partial charge in [0, 0.05) is 12.8 Å². The number of aliphatic hydroxyl groups is 1. The van der Waals surface area contributed by atoms with Crippen molar-refractivity contribution in [1.82, 2.24) is 0 Å². The molecule has 0 heterocycles. The van der Waals surface area contributed by atoms with Crippen LogP contribution >= 0.6 is 0 Å². The molecule has 1 atom stereocenters. The third-order valence-corrected chi connectivity index (χ3v) is 13.3. The van der Waals surface area contributed by atoms with Gasteiger partial charge < -0.3 is 14.6 Å². The number of carbonyl (C=O) groups is 2. The highest BCUT2D eigenvalue weighted by Crippen LogP contribution is 2.16. The average molecular weight is 1080 g/mol. The molecule has 0 saturated heterocycles. The highest BCUT2D eigenvalue weighted by Gasteiger charge is 2.16. The molecule has 0 radical (unpaired) electrons. The molecule has 0 saturated carbocycles. The van der Waals surface area contributed by atoms with Gasteiger partial charge in [-0.15, -0.1) is 0 Å². The lowest BCUT2D eigenvalue weighted by molar-refractivity contribution is -0.161. The van der Waals surface area contributed by atoms with Gasteiger partial charge in [0.25, 0.3) is 0 Å². The first-order valence-electron chi connectivity index (χ1n) is 32.0. The van der Waals surface area contributed by atoms with Crippen molar-refractivity contribution >= 4 is 11.9 Å². The summed E-state index contributed by atoms with van der Waals surface area (Å²) in [6, 6.07) is 0. The molecule has 0 aliphatic heterocycles. The molecule has 0 amide bonds. The Morgan fingerprint density at radius 2 is 0.513 bits per heavy atom. The molecule has 0 rings (SSSR count). The number of allylic oxidation sites excluding steroid dienone is 26. The maximum Gasteiger partial charge on any atom is 0.306 e. The fourth-order valence-electron chi connectivity index (χ4n) is 8.60. The van der Waals surface area contributed by atoms with E-state index in [2.05, 4.69) is 172 Å². The van der Waals surface area contributed by atoms with E-state index < -0.39 is 6.10 Å². The normalized spacial score (nSPS) is 13.3. The zero-order valence-electron chi connectivity index (χ0n) is 50.4. The number of hydrogen-bond donors (Lipinski definition) is 1. The number of carbonyl (C=O) groups excluding carboxylic acids is 2. The van der Waals surface area contributed by atoms with Crippen molar-refractivity contribution in [3.05, 3.63) is 158 Å². The molecular weight excluding hydrogens is 957 g/mol. The van der Waals surface area contributed by atoms with Crippen molar-refractivity contribution in [2.45, 2.75) is 277 Å². The number of hydrogen-bond acceptors (Lipinski definition) is 5. The van der Waals surface area contributed by atoms with Gasteiger partial charge in [-0.3, -0.25) is 9.59 Å². The van der Waals surface area contributed by atoms with E-state index in [1.165, 1.54) is 116 Å². The summed E-state index contributed by atoms with van der Waals surface area (Å²) in [4.78, 5) is 24.6. The van der Waals surface area contributed by atoms with Crippen molar-refractivity contribution in [1.29, 1.82) is 0 Å². The SMILES string of the molecule is CC/C=C\C/C=C\C/C=C\C/C=C\C/C=C\C/C=C\C/C=C\CCCCCCCCCC(=O)OC(CO)COC(=O)CCCCCCCCCCCCCCCCCC/C=C\C/C=C\C/C=C\C/C=C\C/C=C\C/C=C\CC. The zero-order chi connectivity index (χ0) is 56.2. The molecule has 440 valence electrons. The lowest BCUT2D eigenvalue weighted by Crippen LogP contribution is -2.28. The van der Waals surface area contributed by atoms with E-state index in [4.69, 9.17) is 9.47 Å². The quantitative estimate of drug-likeness (QED) is 0.0373. The topological polar surface area (TPSA) is 72.8 Å². The summed E-state index contributed by atoms with van der Waals surface area (Å²) in [5.74, 6) is -0.607. The second-order valence-electron chi connectivity index (χ2n) is 20.7.